The molecule has 0 fully saturated rings. The molecule has 0 saturated carbocycles. The Balaban J connectivity index is 1.66. The first kappa shape index (κ1) is 20.4. The first-order valence-electron chi connectivity index (χ1n) is 10.3. The van der Waals surface area contributed by atoms with Gasteiger partial charge in [0, 0.05) is 11.6 Å². The Kier molecular flexibility index (Phi) is 5.22. The molecule has 3 heterocycles. The van der Waals surface area contributed by atoms with Crippen LogP contribution in [0.3, 0.4) is 0 Å². The minimum Gasteiger partial charge on any atom is -0.494 e. The fourth-order valence-corrected chi connectivity index (χ4v) is 4.54. The Labute approximate surface area is 186 Å². The summed E-state index contributed by atoms with van der Waals surface area (Å²) < 4.78 is 25.4. The molecule has 1 aliphatic heterocycles. The highest BCUT2D eigenvalue weighted by Crippen LogP contribution is 2.42. The van der Waals surface area contributed by atoms with Gasteiger partial charge in [0.2, 0.25) is 5.76 Å². The molecular formula is C24H19FN2O4S. The summed E-state index contributed by atoms with van der Waals surface area (Å²) in [6.07, 6.45) is 3.58. The molecule has 32 heavy (non-hydrogen) atoms. The minimum absolute atomic E-state index is 0.0439. The number of unbranched alkanes of at least 4 members (excludes halogenated alkanes) is 1. The van der Waals surface area contributed by atoms with Gasteiger partial charge in [-0.25, -0.2) is 9.37 Å². The van der Waals surface area contributed by atoms with Gasteiger partial charge in [0.15, 0.2) is 10.6 Å². The summed E-state index contributed by atoms with van der Waals surface area (Å²) in [6.45, 7) is 2.71. The summed E-state index contributed by atoms with van der Waals surface area (Å²) in [6, 6.07) is 10.2. The number of carbonyl (C=O) groups is 1. The van der Waals surface area contributed by atoms with Crippen LogP contribution in [-0.4, -0.2) is 17.5 Å². The normalized spacial score (nSPS) is 15.4. The highest BCUT2D eigenvalue weighted by Gasteiger charge is 2.44. The topological polar surface area (TPSA) is 72.6 Å². The van der Waals surface area contributed by atoms with Gasteiger partial charge < -0.3 is 9.15 Å². The summed E-state index contributed by atoms with van der Waals surface area (Å²) in [5.41, 5.74) is 0.630. The molecule has 2 aromatic carbocycles. The van der Waals surface area contributed by atoms with Gasteiger partial charge in [-0.2, -0.15) is 0 Å². The van der Waals surface area contributed by atoms with Crippen molar-refractivity contribution in [1.29, 1.82) is 0 Å². The quantitative estimate of drug-likeness (QED) is 0.372. The Morgan fingerprint density at radius 3 is 2.72 bits per heavy atom. The first-order chi connectivity index (χ1) is 15.6. The average Bonchev–Trinajstić information content (AvgIpc) is 3.42. The van der Waals surface area contributed by atoms with Crippen LogP contribution in [0.4, 0.5) is 9.52 Å². The van der Waals surface area contributed by atoms with E-state index in [-0.39, 0.29) is 22.3 Å². The minimum atomic E-state index is -0.739. The van der Waals surface area contributed by atoms with E-state index < -0.39 is 23.2 Å². The number of hydrogen-bond acceptors (Lipinski definition) is 6. The molecule has 0 aliphatic carbocycles. The van der Waals surface area contributed by atoms with Gasteiger partial charge >= 0.3 is 0 Å². The lowest BCUT2D eigenvalue weighted by Gasteiger charge is -2.22. The lowest BCUT2D eigenvalue weighted by atomic mass is 9.98. The van der Waals surface area contributed by atoms with E-state index in [9.17, 15) is 14.0 Å². The highest BCUT2D eigenvalue weighted by atomic mass is 32.1. The SMILES string of the molecule is CCCCOc1ccc([C@@H]2c3c(oc4ccc(F)cc4c3=O)C(=O)N2c2nccs2)cc1. The fourth-order valence-electron chi connectivity index (χ4n) is 3.87. The van der Waals surface area contributed by atoms with Crippen LogP contribution in [0.5, 0.6) is 5.75 Å². The van der Waals surface area contributed by atoms with Crippen LogP contribution in [-0.2, 0) is 0 Å². The standard InChI is InChI=1S/C24H19FN2O4S/c1-2-3-11-30-16-7-4-14(5-8-16)20-19-21(28)17-13-15(25)6-9-18(17)31-22(19)23(29)27(20)24-26-10-12-32-24/h4-10,12-13,20H,2-3,11H2,1H3/t20-/m1/s1. The summed E-state index contributed by atoms with van der Waals surface area (Å²) >= 11 is 1.29. The zero-order valence-corrected chi connectivity index (χ0v) is 18.0. The van der Waals surface area contributed by atoms with E-state index in [4.69, 9.17) is 9.15 Å². The van der Waals surface area contributed by atoms with Gasteiger partial charge in [-0.05, 0) is 42.3 Å². The van der Waals surface area contributed by atoms with E-state index in [1.807, 2.05) is 24.3 Å². The number of aromatic nitrogens is 1. The fraction of sp³-hybridized carbons (Fsp3) is 0.208. The molecule has 162 valence electrons. The third kappa shape index (κ3) is 3.36. The van der Waals surface area contributed by atoms with E-state index in [1.54, 1.807) is 11.6 Å². The number of thiazole rings is 1. The van der Waals surface area contributed by atoms with Crippen molar-refractivity contribution < 1.29 is 18.3 Å². The highest BCUT2D eigenvalue weighted by molar-refractivity contribution is 7.13. The Bertz CT molecular complexity index is 1350. The largest absolute Gasteiger partial charge is 0.494 e. The van der Waals surface area contributed by atoms with Crippen LogP contribution in [0.2, 0.25) is 0 Å². The zero-order chi connectivity index (χ0) is 22.2. The van der Waals surface area contributed by atoms with Crippen molar-refractivity contribution in [3.63, 3.8) is 0 Å². The van der Waals surface area contributed by atoms with Crippen LogP contribution in [0.1, 0.15) is 47.5 Å². The Morgan fingerprint density at radius 1 is 1.19 bits per heavy atom. The molecule has 0 N–H and O–H groups in total. The molecule has 6 nitrogen and oxygen atoms in total. The van der Waals surface area contributed by atoms with E-state index in [1.165, 1.54) is 28.4 Å². The molecule has 0 radical (unpaired) electrons. The molecule has 0 unspecified atom stereocenters. The average molecular weight is 450 g/mol. The second-order valence-electron chi connectivity index (χ2n) is 7.48. The van der Waals surface area contributed by atoms with Crippen LogP contribution in [0.15, 0.2) is 63.3 Å². The van der Waals surface area contributed by atoms with Gasteiger partial charge in [-0.3, -0.25) is 14.5 Å². The molecule has 8 heteroatoms. The predicted molar refractivity (Wildman–Crippen MR) is 120 cm³/mol. The molecular weight excluding hydrogens is 431 g/mol. The maximum Gasteiger partial charge on any atom is 0.297 e. The van der Waals surface area contributed by atoms with Crippen molar-refractivity contribution in [3.8, 4) is 5.75 Å². The predicted octanol–water partition coefficient (Wildman–Crippen LogP) is 5.32. The van der Waals surface area contributed by atoms with E-state index in [0.717, 1.165) is 18.9 Å². The number of halogens is 1. The summed E-state index contributed by atoms with van der Waals surface area (Å²) in [4.78, 5) is 32.5. The van der Waals surface area contributed by atoms with Crippen molar-refractivity contribution in [2.45, 2.75) is 25.8 Å². The number of anilines is 1. The number of hydrogen-bond donors (Lipinski definition) is 0. The van der Waals surface area contributed by atoms with Crippen molar-refractivity contribution >= 4 is 33.3 Å². The van der Waals surface area contributed by atoms with Gasteiger partial charge in [-0.1, -0.05) is 25.5 Å². The lowest BCUT2D eigenvalue weighted by Crippen LogP contribution is -2.29. The van der Waals surface area contributed by atoms with E-state index >= 15 is 0 Å². The molecule has 5 rings (SSSR count). The Morgan fingerprint density at radius 2 is 2.00 bits per heavy atom. The van der Waals surface area contributed by atoms with Gasteiger partial charge in [0.25, 0.3) is 5.91 Å². The molecule has 4 aromatic rings. The maximum absolute atomic E-state index is 13.9. The Hall–Kier alpha value is -3.52. The second-order valence-corrected chi connectivity index (χ2v) is 8.35. The first-order valence-corrected chi connectivity index (χ1v) is 11.2. The zero-order valence-electron chi connectivity index (χ0n) is 17.2. The number of rotatable bonds is 6. The monoisotopic (exact) mass is 450 g/mol. The third-order valence-electron chi connectivity index (χ3n) is 5.42. The maximum atomic E-state index is 13.9. The molecule has 1 aliphatic rings. The number of nitrogens with zero attached hydrogens (tertiary/aromatic N) is 2. The molecule has 0 saturated heterocycles. The van der Waals surface area contributed by atoms with Crippen molar-refractivity contribution in [1.82, 2.24) is 4.98 Å². The number of fused-ring (bicyclic) bond motifs is 2. The molecule has 2 aromatic heterocycles. The number of ether oxygens (including phenoxy) is 1. The van der Waals surface area contributed by atoms with E-state index in [0.29, 0.717) is 23.1 Å². The lowest BCUT2D eigenvalue weighted by molar-refractivity contribution is 0.0971. The molecule has 0 bridgehead atoms. The summed E-state index contributed by atoms with van der Waals surface area (Å²) in [7, 11) is 0. The van der Waals surface area contributed by atoms with Crippen LogP contribution in [0, 0.1) is 5.82 Å². The van der Waals surface area contributed by atoms with E-state index in [2.05, 4.69) is 11.9 Å². The molecule has 0 spiro atoms. The van der Waals surface area contributed by atoms with Crippen molar-refractivity contribution in [3.05, 3.63) is 87.0 Å². The van der Waals surface area contributed by atoms with Gasteiger partial charge in [0.1, 0.15) is 17.1 Å². The smallest absolute Gasteiger partial charge is 0.297 e. The number of benzene rings is 2. The van der Waals surface area contributed by atoms with Crippen LogP contribution >= 0.6 is 11.3 Å². The van der Waals surface area contributed by atoms with Crippen LogP contribution < -0.4 is 15.1 Å². The van der Waals surface area contributed by atoms with Crippen molar-refractivity contribution in [2.24, 2.45) is 0 Å². The van der Waals surface area contributed by atoms with Gasteiger partial charge in [0.05, 0.1) is 23.6 Å². The summed E-state index contributed by atoms with van der Waals surface area (Å²) in [5, 5.41) is 2.31. The second kappa shape index (κ2) is 8.20. The van der Waals surface area contributed by atoms with Crippen LogP contribution in [0.25, 0.3) is 11.0 Å². The number of carbonyl (C=O) groups excluding carboxylic acids is 1. The molecule has 1 amide bonds. The van der Waals surface area contributed by atoms with Crippen molar-refractivity contribution in [2.75, 3.05) is 11.5 Å². The number of amides is 1. The van der Waals surface area contributed by atoms with Gasteiger partial charge in [-0.15, -0.1) is 11.3 Å². The molecule has 1 atom stereocenters. The third-order valence-corrected chi connectivity index (χ3v) is 6.19. The summed E-state index contributed by atoms with van der Waals surface area (Å²) in [5.74, 6) is -0.333.